The second-order valence-corrected chi connectivity index (χ2v) is 14.7. The highest BCUT2D eigenvalue weighted by molar-refractivity contribution is 7.99. The second-order valence-electron chi connectivity index (χ2n) is 11.8. The molecule has 5 aromatic rings. The molecule has 1 aliphatic rings. The number of aliphatic hydroxyl groups is 1. The number of anilines is 1. The fraction of sp³-hybridized carbons (Fsp3) is 0.205. The van der Waals surface area contributed by atoms with Crippen LogP contribution in [0.15, 0.2) is 137 Å². The number of ether oxygens (including phenoxy) is 2. The summed E-state index contributed by atoms with van der Waals surface area (Å²) in [5.41, 5.74) is 6.22. The number of nitrogens with one attached hydrogen (secondary N) is 2. The smallest absolute Gasteiger partial charge is 0.240 e. The van der Waals surface area contributed by atoms with Crippen molar-refractivity contribution in [1.82, 2.24) is 4.72 Å². The maximum atomic E-state index is 12.8. The van der Waals surface area contributed by atoms with Crippen LogP contribution in [-0.4, -0.2) is 31.3 Å². The average molecular weight is 695 g/mol. The van der Waals surface area contributed by atoms with Gasteiger partial charge >= 0.3 is 0 Å². The Hall–Kier alpha value is -4.29. The van der Waals surface area contributed by atoms with E-state index in [0.717, 1.165) is 44.0 Å². The summed E-state index contributed by atoms with van der Waals surface area (Å²) in [6.07, 6.45) is -0.299. The van der Waals surface area contributed by atoms with Crippen LogP contribution in [0.5, 0.6) is 0 Å². The minimum absolute atomic E-state index is 0.0234. The minimum Gasteiger partial charge on any atom is -0.392 e. The lowest BCUT2D eigenvalue weighted by atomic mass is 9.99. The van der Waals surface area contributed by atoms with Crippen molar-refractivity contribution in [3.8, 4) is 11.1 Å². The van der Waals surface area contributed by atoms with Crippen molar-refractivity contribution in [2.24, 2.45) is 0 Å². The third kappa shape index (κ3) is 9.24. The molecule has 252 valence electrons. The van der Waals surface area contributed by atoms with Crippen molar-refractivity contribution in [2.75, 3.05) is 11.1 Å². The molecule has 1 aliphatic heterocycles. The average Bonchev–Trinajstić information content (AvgIpc) is 3.14. The molecule has 0 aromatic heterocycles. The van der Waals surface area contributed by atoms with Crippen LogP contribution in [0.3, 0.4) is 0 Å². The lowest BCUT2D eigenvalue weighted by Crippen LogP contribution is -2.31. The fourth-order valence-corrected chi connectivity index (χ4v) is 7.60. The second kappa shape index (κ2) is 15.9. The van der Waals surface area contributed by atoms with Crippen molar-refractivity contribution in [3.05, 3.63) is 150 Å². The molecular formula is C39H38N2O6S2. The minimum atomic E-state index is -3.64. The predicted octanol–water partition coefficient (Wildman–Crippen LogP) is 7.62. The molecule has 0 unspecified atom stereocenters. The first-order chi connectivity index (χ1) is 23.8. The molecule has 49 heavy (non-hydrogen) atoms. The number of carbonyl (C=O) groups is 1. The largest absolute Gasteiger partial charge is 0.392 e. The van der Waals surface area contributed by atoms with Crippen LogP contribution >= 0.6 is 11.8 Å². The number of rotatable bonds is 12. The van der Waals surface area contributed by atoms with Gasteiger partial charge in [0.1, 0.15) is 0 Å². The molecule has 0 bridgehead atoms. The molecule has 1 saturated heterocycles. The number of thioether (sulfide) groups is 1. The summed E-state index contributed by atoms with van der Waals surface area (Å²) in [5, 5.41) is 12.4. The van der Waals surface area contributed by atoms with Gasteiger partial charge in [0.15, 0.2) is 6.29 Å². The molecule has 3 atom stereocenters. The zero-order valence-corrected chi connectivity index (χ0v) is 28.6. The van der Waals surface area contributed by atoms with Crippen LogP contribution in [0.1, 0.15) is 48.0 Å². The van der Waals surface area contributed by atoms with Crippen molar-refractivity contribution >= 4 is 33.4 Å². The van der Waals surface area contributed by atoms with Crippen molar-refractivity contribution < 1.29 is 27.8 Å². The Bertz CT molecular complexity index is 1970. The van der Waals surface area contributed by atoms with E-state index >= 15 is 0 Å². The van der Waals surface area contributed by atoms with Gasteiger partial charge < -0.3 is 19.9 Å². The fourth-order valence-electron chi connectivity index (χ4n) is 5.64. The summed E-state index contributed by atoms with van der Waals surface area (Å²) in [6, 6.07) is 39.8. The Morgan fingerprint density at radius 2 is 1.51 bits per heavy atom. The van der Waals surface area contributed by atoms with Crippen LogP contribution < -0.4 is 10.0 Å². The van der Waals surface area contributed by atoms with Gasteiger partial charge in [0.05, 0.1) is 23.7 Å². The Labute approximate surface area is 291 Å². The molecule has 0 aliphatic carbocycles. The molecule has 10 heteroatoms. The highest BCUT2D eigenvalue weighted by Gasteiger charge is 2.32. The zero-order chi connectivity index (χ0) is 34.2. The third-order valence-corrected chi connectivity index (χ3v) is 10.7. The van der Waals surface area contributed by atoms with Crippen LogP contribution in [0.2, 0.25) is 0 Å². The molecule has 1 amide bonds. The molecule has 0 spiro atoms. The first kappa shape index (κ1) is 34.6. The summed E-state index contributed by atoms with van der Waals surface area (Å²) in [6.45, 7) is 1.62. The molecule has 0 radical (unpaired) electrons. The van der Waals surface area contributed by atoms with Crippen LogP contribution in [0, 0.1) is 0 Å². The summed E-state index contributed by atoms with van der Waals surface area (Å²) >= 11 is 1.69. The predicted molar refractivity (Wildman–Crippen MR) is 192 cm³/mol. The molecular weight excluding hydrogens is 657 g/mol. The van der Waals surface area contributed by atoms with Gasteiger partial charge in [0.25, 0.3) is 0 Å². The van der Waals surface area contributed by atoms with E-state index in [1.807, 2.05) is 91.0 Å². The highest BCUT2D eigenvalue weighted by atomic mass is 32.2. The maximum Gasteiger partial charge on any atom is 0.240 e. The van der Waals surface area contributed by atoms with E-state index in [9.17, 15) is 18.3 Å². The van der Waals surface area contributed by atoms with E-state index in [1.165, 1.54) is 6.92 Å². The molecule has 3 N–H and O–H groups in total. The lowest BCUT2D eigenvalue weighted by Gasteiger charge is -2.36. The van der Waals surface area contributed by atoms with E-state index in [2.05, 4.69) is 16.1 Å². The molecule has 1 heterocycles. The van der Waals surface area contributed by atoms with Gasteiger partial charge in [-0.1, -0.05) is 78.9 Å². The number of aliphatic hydroxyl groups excluding tert-OH is 1. The summed E-state index contributed by atoms with van der Waals surface area (Å²) in [4.78, 5) is 12.7. The maximum absolute atomic E-state index is 12.8. The van der Waals surface area contributed by atoms with Gasteiger partial charge in [-0.25, -0.2) is 13.1 Å². The number of benzene rings is 5. The molecule has 6 rings (SSSR count). The van der Waals surface area contributed by atoms with Crippen LogP contribution in [0.25, 0.3) is 11.1 Å². The number of sulfonamides is 1. The van der Waals surface area contributed by atoms with Crippen LogP contribution in [-0.2, 0) is 37.4 Å². The molecule has 1 fully saturated rings. The van der Waals surface area contributed by atoms with Crippen LogP contribution in [0.4, 0.5) is 5.69 Å². The highest BCUT2D eigenvalue weighted by Crippen LogP contribution is 2.40. The summed E-state index contributed by atoms with van der Waals surface area (Å²) < 4.78 is 41.4. The van der Waals surface area contributed by atoms with Gasteiger partial charge in [-0.3, -0.25) is 4.79 Å². The van der Waals surface area contributed by atoms with Gasteiger partial charge in [0.2, 0.25) is 15.9 Å². The van der Waals surface area contributed by atoms with Gasteiger partial charge in [0, 0.05) is 41.8 Å². The number of carbonyl (C=O) groups excluding carboxylic acids is 1. The van der Waals surface area contributed by atoms with E-state index < -0.39 is 16.3 Å². The molecule has 0 saturated carbocycles. The third-order valence-electron chi connectivity index (χ3n) is 8.16. The first-order valence-corrected chi connectivity index (χ1v) is 18.5. The quantitative estimate of drug-likeness (QED) is 0.115. The lowest BCUT2D eigenvalue weighted by molar-refractivity contribution is -0.245. The Balaban J connectivity index is 1.19. The van der Waals surface area contributed by atoms with Crippen molar-refractivity contribution in [1.29, 1.82) is 0 Å². The number of hydrogen-bond acceptors (Lipinski definition) is 7. The monoisotopic (exact) mass is 694 g/mol. The standard InChI is InChI=1S/C39H38N2O6S2/c1-27(43)41-34-17-19-36(20-18-34)48-26-35-23-38(30-15-13-28(25-42)14-16-30)47-39(46-35)33-10-6-9-32(22-33)31-8-5-7-29(21-31)24-40-49(44,45)37-11-3-2-4-12-37/h2-22,35,38-40,42H,23-26H2,1H3,(H,41,43)/t35-,38+,39+/m1/s1. The van der Waals surface area contributed by atoms with Gasteiger partial charge in [-0.2, -0.15) is 0 Å². The Morgan fingerprint density at radius 3 is 2.22 bits per heavy atom. The summed E-state index contributed by atoms with van der Waals surface area (Å²) in [7, 11) is -3.64. The molecule has 5 aromatic carbocycles. The topological polar surface area (TPSA) is 114 Å². The number of amides is 1. The SMILES string of the molecule is CC(=O)Nc1ccc(SC[C@H]2C[C@@H](c3ccc(CO)cc3)O[C@@H](c3cccc(-c4cccc(CNS(=O)(=O)c5ccccc5)c4)c3)O2)cc1. The van der Waals surface area contributed by atoms with Crippen molar-refractivity contribution in [2.45, 2.75) is 54.8 Å². The number of hydrogen-bond donors (Lipinski definition) is 3. The Kier molecular flexibility index (Phi) is 11.3. The first-order valence-electron chi connectivity index (χ1n) is 16.0. The normalized spacial score (nSPS) is 17.8. The van der Waals surface area contributed by atoms with E-state index in [-0.39, 0.29) is 36.2 Å². The molecule has 8 nitrogen and oxygen atoms in total. The Morgan fingerprint density at radius 1 is 0.796 bits per heavy atom. The van der Waals surface area contributed by atoms with Crippen molar-refractivity contribution in [3.63, 3.8) is 0 Å². The van der Waals surface area contributed by atoms with Gasteiger partial charge in [-0.05, 0) is 76.3 Å². The van der Waals surface area contributed by atoms with E-state index in [0.29, 0.717) is 12.2 Å². The van der Waals surface area contributed by atoms with E-state index in [1.54, 1.807) is 42.1 Å². The van der Waals surface area contributed by atoms with E-state index in [4.69, 9.17) is 9.47 Å². The summed E-state index contributed by atoms with van der Waals surface area (Å²) in [5.74, 6) is 0.591. The zero-order valence-electron chi connectivity index (χ0n) is 27.0. The van der Waals surface area contributed by atoms with Gasteiger partial charge in [-0.15, -0.1) is 11.8 Å².